The molecule has 2 N–H and O–H groups in total. The van der Waals surface area contributed by atoms with Crippen LogP contribution in [0, 0.1) is 11.3 Å². The summed E-state index contributed by atoms with van der Waals surface area (Å²) >= 11 is 1.43. The lowest BCUT2D eigenvalue weighted by atomic mass is 10.0. The van der Waals surface area contributed by atoms with E-state index in [-0.39, 0.29) is 17.2 Å². The summed E-state index contributed by atoms with van der Waals surface area (Å²) in [6.07, 6.45) is 2.05. The van der Waals surface area contributed by atoms with E-state index in [1.165, 1.54) is 23.5 Å². The van der Waals surface area contributed by atoms with Gasteiger partial charge in [-0.25, -0.2) is 8.42 Å². The predicted octanol–water partition coefficient (Wildman–Crippen LogP) is 1.85. The molecule has 8 heteroatoms. The topological polar surface area (TPSA) is 99.1 Å². The summed E-state index contributed by atoms with van der Waals surface area (Å²) in [5.41, 5.74) is 2.30. The van der Waals surface area contributed by atoms with Gasteiger partial charge in [-0.3, -0.25) is 4.79 Å². The number of nitrogens with zero attached hydrogens (tertiary/aromatic N) is 1. The van der Waals surface area contributed by atoms with Crippen LogP contribution in [-0.4, -0.2) is 27.1 Å². The second kappa shape index (κ2) is 6.96. The predicted molar refractivity (Wildman–Crippen MR) is 96.3 cm³/mol. The van der Waals surface area contributed by atoms with Gasteiger partial charge in [0.15, 0.2) is 9.84 Å². The van der Waals surface area contributed by atoms with Gasteiger partial charge in [-0.05, 0) is 36.2 Å². The lowest BCUT2D eigenvalue weighted by molar-refractivity contribution is -0.115. The van der Waals surface area contributed by atoms with Crippen LogP contribution in [-0.2, 0) is 34.0 Å². The average Bonchev–Trinajstić information content (AvgIpc) is 2.91. The normalized spacial score (nSPS) is 13.8. The zero-order valence-corrected chi connectivity index (χ0v) is 15.3. The minimum atomic E-state index is -3.25. The molecular weight excluding hydrogens is 358 g/mol. The van der Waals surface area contributed by atoms with Crippen LogP contribution >= 0.6 is 11.3 Å². The Hall–Kier alpha value is -2.21. The van der Waals surface area contributed by atoms with Crippen LogP contribution in [0.3, 0.4) is 0 Å². The third-order valence-corrected chi connectivity index (χ3v) is 6.28. The van der Waals surface area contributed by atoms with Crippen LogP contribution in [0.5, 0.6) is 0 Å². The number of carbonyl (C=O) groups excluding carboxylic acids is 1. The second-order valence-corrected chi connectivity index (χ2v) is 9.01. The van der Waals surface area contributed by atoms with Crippen LogP contribution in [0.15, 0.2) is 29.2 Å². The highest BCUT2D eigenvalue weighted by molar-refractivity contribution is 7.90. The van der Waals surface area contributed by atoms with Gasteiger partial charge in [0.25, 0.3) is 0 Å². The lowest BCUT2D eigenvalue weighted by Gasteiger charge is -2.11. The van der Waals surface area contributed by atoms with Crippen molar-refractivity contribution in [1.29, 1.82) is 5.26 Å². The summed E-state index contributed by atoms with van der Waals surface area (Å²) in [7, 11) is -3.25. The molecule has 130 valence electrons. The molecular formula is C17H17N3O3S2. The first kappa shape index (κ1) is 17.6. The van der Waals surface area contributed by atoms with E-state index >= 15 is 0 Å². The van der Waals surface area contributed by atoms with Gasteiger partial charge in [0.2, 0.25) is 5.91 Å². The fourth-order valence-electron chi connectivity index (χ4n) is 2.75. The Morgan fingerprint density at radius 3 is 2.72 bits per heavy atom. The number of hydrogen-bond donors (Lipinski definition) is 2. The maximum Gasteiger partial charge on any atom is 0.229 e. The molecule has 0 radical (unpaired) electrons. The first-order valence-corrected chi connectivity index (χ1v) is 10.4. The van der Waals surface area contributed by atoms with Crippen molar-refractivity contribution in [1.82, 2.24) is 5.32 Å². The molecule has 0 saturated heterocycles. The highest BCUT2D eigenvalue weighted by Crippen LogP contribution is 2.34. The summed E-state index contributed by atoms with van der Waals surface area (Å²) in [4.78, 5) is 13.6. The van der Waals surface area contributed by atoms with Crippen LogP contribution in [0.1, 0.15) is 21.6 Å². The Kier molecular flexibility index (Phi) is 4.90. The number of amides is 1. The summed E-state index contributed by atoms with van der Waals surface area (Å²) in [6, 6.07) is 8.45. The van der Waals surface area contributed by atoms with Crippen molar-refractivity contribution in [3.05, 3.63) is 45.8 Å². The van der Waals surface area contributed by atoms with Crippen molar-refractivity contribution in [2.75, 3.05) is 18.1 Å². The van der Waals surface area contributed by atoms with Crippen LogP contribution in [0.2, 0.25) is 0 Å². The molecule has 0 spiro atoms. The van der Waals surface area contributed by atoms with Crippen molar-refractivity contribution in [3.63, 3.8) is 0 Å². The first-order valence-electron chi connectivity index (χ1n) is 7.72. The number of rotatable bonds is 4. The number of nitriles is 1. The molecule has 1 aliphatic rings. The molecule has 0 unspecified atom stereocenters. The minimum absolute atomic E-state index is 0.121. The average molecular weight is 375 g/mol. The van der Waals surface area contributed by atoms with Crippen LogP contribution < -0.4 is 10.6 Å². The maximum absolute atomic E-state index is 12.3. The number of benzene rings is 1. The Morgan fingerprint density at radius 1 is 1.36 bits per heavy atom. The molecule has 1 aromatic carbocycles. The number of sulfone groups is 1. The lowest BCUT2D eigenvalue weighted by Crippen LogP contribution is -2.22. The zero-order valence-electron chi connectivity index (χ0n) is 13.6. The summed E-state index contributed by atoms with van der Waals surface area (Å²) in [5, 5.41) is 16.1. The summed E-state index contributed by atoms with van der Waals surface area (Å²) in [6.45, 7) is 1.55. The van der Waals surface area contributed by atoms with Gasteiger partial charge in [-0.2, -0.15) is 5.26 Å². The molecule has 1 amide bonds. The van der Waals surface area contributed by atoms with Gasteiger partial charge in [0.1, 0.15) is 11.1 Å². The summed E-state index contributed by atoms with van der Waals surface area (Å²) in [5.74, 6) is -0.227. The number of carbonyl (C=O) groups is 1. The molecule has 1 aliphatic heterocycles. The zero-order chi connectivity index (χ0) is 18.0. The first-order chi connectivity index (χ1) is 11.9. The van der Waals surface area contributed by atoms with E-state index in [1.807, 2.05) is 0 Å². The smallest absolute Gasteiger partial charge is 0.229 e. The molecule has 0 atom stereocenters. The van der Waals surface area contributed by atoms with Crippen LogP contribution in [0.25, 0.3) is 0 Å². The third-order valence-electron chi connectivity index (χ3n) is 4.01. The molecule has 25 heavy (non-hydrogen) atoms. The molecule has 2 heterocycles. The Morgan fingerprint density at radius 2 is 2.08 bits per heavy atom. The fraction of sp³-hybridized carbons (Fsp3) is 0.294. The van der Waals surface area contributed by atoms with Crippen molar-refractivity contribution < 1.29 is 13.2 Å². The number of anilines is 1. The molecule has 0 fully saturated rings. The number of hydrogen-bond acceptors (Lipinski definition) is 6. The molecule has 0 saturated carbocycles. The van der Waals surface area contributed by atoms with Crippen LogP contribution in [0.4, 0.5) is 5.00 Å². The monoisotopic (exact) mass is 375 g/mol. The minimum Gasteiger partial charge on any atom is -0.316 e. The van der Waals surface area contributed by atoms with E-state index < -0.39 is 9.84 Å². The summed E-state index contributed by atoms with van der Waals surface area (Å²) < 4.78 is 22.9. The molecule has 3 rings (SSSR count). The number of thiophene rings is 1. The molecule has 0 bridgehead atoms. The van der Waals surface area contributed by atoms with Gasteiger partial charge >= 0.3 is 0 Å². The molecule has 1 aromatic heterocycles. The van der Waals surface area contributed by atoms with E-state index in [0.717, 1.165) is 36.2 Å². The quantitative estimate of drug-likeness (QED) is 0.850. The number of fused-ring (bicyclic) bond motifs is 1. The Labute approximate surface area is 150 Å². The van der Waals surface area contributed by atoms with Gasteiger partial charge in [0, 0.05) is 17.7 Å². The third kappa shape index (κ3) is 3.90. The van der Waals surface area contributed by atoms with Crippen molar-refractivity contribution in [2.24, 2.45) is 0 Å². The molecule has 6 nitrogen and oxygen atoms in total. The Bertz CT molecular complexity index is 954. The highest BCUT2D eigenvalue weighted by Gasteiger charge is 2.21. The van der Waals surface area contributed by atoms with Gasteiger partial charge in [-0.15, -0.1) is 11.3 Å². The maximum atomic E-state index is 12.3. The second-order valence-electron chi connectivity index (χ2n) is 5.89. The standard InChI is InChI=1S/C17H17N3O3S2/c1-25(22,23)12-4-2-11(3-5-12)8-16(21)20-17-14(9-18)13-6-7-19-10-15(13)24-17/h2-5,19H,6-8,10H2,1H3,(H,20,21). The highest BCUT2D eigenvalue weighted by atomic mass is 32.2. The van der Waals surface area contributed by atoms with Gasteiger partial charge in [-0.1, -0.05) is 12.1 Å². The Balaban J connectivity index is 1.73. The molecule has 0 aliphatic carbocycles. The van der Waals surface area contributed by atoms with Gasteiger partial charge in [0.05, 0.1) is 16.9 Å². The van der Waals surface area contributed by atoms with Crippen molar-refractivity contribution >= 4 is 32.1 Å². The SMILES string of the molecule is CS(=O)(=O)c1ccc(CC(=O)Nc2sc3c(c2C#N)CCNC3)cc1. The van der Waals surface area contributed by atoms with E-state index in [2.05, 4.69) is 16.7 Å². The fourth-order valence-corrected chi connectivity index (χ4v) is 4.57. The number of nitrogens with one attached hydrogen (secondary N) is 2. The van der Waals surface area contributed by atoms with E-state index in [1.54, 1.807) is 12.1 Å². The van der Waals surface area contributed by atoms with Crippen molar-refractivity contribution in [3.8, 4) is 6.07 Å². The largest absolute Gasteiger partial charge is 0.316 e. The van der Waals surface area contributed by atoms with E-state index in [9.17, 15) is 18.5 Å². The van der Waals surface area contributed by atoms with Crippen molar-refractivity contribution in [2.45, 2.75) is 24.3 Å². The van der Waals surface area contributed by atoms with E-state index in [0.29, 0.717) is 16.1 Å². The van der Waals surface area contributed by atoms with Gasteiger partial charge < -0.3 is 10.6 Å². The molecule has 2 aromatic rings. The van der Waals surface area contributed by atoms with E-state index in [4.69, 9.17) is 0 Å².